The molecule has 0 aliphatic rings. The molecule has 3 nitrogen and oxygen atoms in total. The Hall–Kier alpha value is -1.34. The van der Waals surface area contributed by atoms with Gasteiger partial charge in [-0.1, -0.05) is 19.1 Å². The van der Waals surface area contributed by atoms with Crippen LogP contribution in [0.5, 0.6) is 5.75 Å². The van der Waals surface area contributed by atoms with E-state index in [1.54, 1.807) is 0 Å². The van der Waals surface area contributed by atoms with Crippen molar-refractivity contribution in [2.24, 2.45) is 5.73 Å². The van der Waals surface area contributed by atoms with Gasteiger partial charge in [0.15, 0.2) is 0 Å². The lowest BCUT2D eigenvalue weighted by molar-refractivity contribution is -0.139. The van der Waals surface area contributed by atoms with E-state index in [0.29, 0.717) is 6.61 Å². The average molecular weight is 307 g/mol. The lowest BCUT2D eigenvalue weighted by Gasteiger charge is -2.15. The number of hydrogen-bond acceptors (Lipinski definition) is 3. The van der Waals surface area contributed by atoms with Crippen molar-refractivity contribution in [2.45, 2.75) is 19.5 Å². The SMILES string of the molecule is CCCOCCOc1ccc(C(N)=S)cc1C(F)(F)F. The molecule has 0 amide bonds. The number of hydrogen-bond donors (Lipinski definition) is 1. The van der Waals surface area contributed by atoms with E-state index in [9.17, 15) is 13.2 Å². The third-order valence-corrected chi connectivity index (χ3v) is 2.64. The molecular weight excluding hydrogens is 291 g/mol. The lowest BCUT2D eigenvalue weighted by Crippen LogP contribution is -2.15. The zero-order chi connectivity index (χ0) is 15.2. The van der Waals surface area contributed by atoms with E-state index in [1.807, 2.05) is 6.92 Å². The van der Waals surface area contributed by atoms with Crippen LogP contribution in [0.25, 0.3) is 0 Å². The maximum Gasteiger partial charge on any atom is 0.419 e. The minimum Gasteiger partial charge on any atom is -0.491 e. The maximum absolute atomic E-state index is 12.9. The van der Waals surface area contributed by atoms with Gasteiger partial charge in [0.25, 0.3) is 0 Å². The minimum absolute atomic E-state index is 0.0511. The van der Waals surface area contributed by atoms with Crippen LogP contribution in [0, 0.1) is 0 Å². The highest BCUT2D eigenvalue weighted by atomic mass is 32.1. The standard InChI is InChI=1S/C13H16F3NO2S/c1-2-5-18-6-7-19-11-4-3-9(12(17)20)8-10(11)13(14,15)16/h3-4,8H,2,5-7H2,1H3,(H2,17,20). The first kappa shape index (κ1) is 16.7. The Labute approximate surface area is 120 Å². The first-order valence-corrected chi connectivity index (χ1v) is 6.48. The van der Waals surface area contributed by atoms with E-state index in [-0.39, 0.29) is 29.5 Å². The number of benzene rings is 1. The molecule has 0 aromatic heterocycles. The van der Waals surface area contributed by atoms with E-state index in [2.05, 4.69) is 12.2 Å². The summed E-state index contributed by atoms with van der Waals surface area (Å²) >= 11 is 4.67. The van der Waals surface area contributed by atoms with Crippen LogP contribution in [0.4, 0.5) is 13.2 Å². The van der Waals surface area contributed by atoms with Crippen LogP contribution in [-0.2, 0) is 10.9 Å². The third-order valence-electron chi connectivity index (χ3n) is 2.40. The number of ether oxygens (including phenoxy) is 2. The molecule has 0 unspecified atom stereocenters. The van der Waals surface area contributed by atoms with Crippen LogP contribution in [0.1, 0.15) is 24.5 Å². The smallest absolute Gasteiger partial charge is 0.419 e. The Balaban J connectivity index is 2.81. The molecule has 0 saturated heterocycles. The Bertz CT molecular complexity index is 463. The van der Waals surface area contributed by atoms with Crippen molar-refractivity contribution in [1.82, 2.24) is 0 Å². The van der Waals surface area contributed by atoms with Crippen LogP contribution >= 0.6 is 12.2 Å². The summed E-state index contributed by atoms with van der Waals surface area (Å²) in [6.45, 7) is 2.78. The summed E-state index contributed by atoms with van der Waals surface area (Å²) in [7, 11) is 0. The molecule has 0 atom stereocenters. The molecule has 112 valence electrons. The molecule has 0 spiro atoms. The topological polar surface area (TPSA) is 44.5 Å². The second-order valence-electron chi connectivity index (χ2n) is 4.03. The van der Waals surface area contributed by atoms with Gasteiger partial charge in [0.2, 0.25) is 0 Å². The maximum atomic E-state index is 12.9. The fraction of sp³-hybridized carbons (Fsp3) is 0.462. The van der Waals surface area contributed by atoms with Crippen molar-refractivity contribution in [1.29, 1.82) is 0 Å². The number of rotatable bonds is 7. The van der Waals surface area contributed by atoms with Crippen LogP contribution in [-0.4, -0.2) is 24.8 Å². The van der Waals surface area contributed by atoms with Crippen LogP contribution in [0.2, 0.25) is 0 Å². The van der Waals surface area contributed by atoms with Crippen molar-refractivity contribution in [3.8, 4) is 5.75 Å². The number of halogens is 3. The normalized spacial score (nSPS) is 11.4. The zero-order valence-electron chi connectivity index (χ0n) is 11.0. The summed E-state index contributed by atoms with van der Waals surface area (Å²) < 4.78 is 49.0. The summed E-state index contributed by atoms with van der Waals surface area (Å²) in [5.41, 5.74) is 4.60. The Morgan fingerprint density at radius 2 is 1.95 bits per heavy atom. The quantitative estimate of drug-likeness (QED) is 0.621. The van der Waals surface area contributed by atoms with Gasteiger partial charge < -0.3 is 15.2 Å². The molecule has 1 aromatic rings. The van der Waals surface area contributed by atoms with Crippen molar-refractivity contribution in [2.75, 3.05) is 19.8 Å². The van der Waals surface area contributed by atoms with Gasteiger partial charge in [-0.3, -0.25) is 0 Å². The molecule has 0 fully saturated rings. The Kier molecular flexibility index (Phi) is 6.22. The van der Waals surface area contributed by atoms with Crippen molar-refractivity contribution < 1.29 is 22.6 Å². The van der Waals surface area contributed by atoms with E-state index in [1.165, 1.54) is 12.1 Å². The largest absolute Gasteiger partial charge is 0.491 e. The first-order valence-electron chi connectivity index (χ1n) is 6.08. The van der Waals surface area contributed by atoms with Gasteiger partial charge >= 0.3 is 6.18 Å². The van der Waals surface area contributed by atoms with Crippen molar-refractivity contribution in [3.63, 3.8) is 0 Å². The predicted octanol–water partition coefficient (Wildman–Crippen LogP) is 3.15. The second kappa shape index (κ2) is 7.44. The van der Waals surface area contributed by atoms with Gasteiger partial charge in [-0.05, 0) is 24.6 Å². The minimum atomic E-state index is -4.53. The first-order chi connectivity index (χ1) is 9.36. The molecule has 0 saturated carbocycles. The summed E-state index contributed by atoms with van der Waals surface area (Å²) in [5.74, 6) is -0.252. The summed E-state index contributed by atoms with van der Waals surface area (Å²) in [6, 6.07) is 3.52. The van der Waals surface area contributed by atoms with E-state index in [4.69, 9.17) is 15.2 Å². The summed E-state index contributed by atoms with van der Waals surface area (Å²) in [5, 5.41) is 0. The fourth-order valence-corrected chi connectivity index (χ4v) is 1.61. The number of nitrogens with two attached hydrogens (primary N) is 1. The van der Waals surface area contributed by atoms with Gasteiger partial charge in [0.05, 0.1) is 12.2 Å². The highest BCUT2D eigenvalue weighted by Gasteiger charge is 2.34. The Morgan fingerprint density at radius 1 is 1.25 bits per heavy atom. The van der Waals surface area contributed by atoms with Gasteiger partial charge in [0.1, 0.15) is 17.3 Å². The van der Waals surface area contributed by atoms with Crippen LogP contribution < -0.4 is 10.5 Å². The molecule has 1 aromatic carbocycles. The molecular formula is C13H16F3NO2S. The summed E-state index contributed by atoms with van der Waals surface area (Å²) in [4.78, 5) is -0.0895. The van der Waals surface area contributed by atoms with Gasteiger partial charge in [-0.2, -0.15) is 13.2 Å². The monoisotopic (exact) mass is 307 g/mol. The number of thiocarbonyl (C=S) groups is 1. The van der Waals surface area contributed by atoms with E-state index >= 15 is 0 Å². The van der Waals surface area contributed by atoms with Gasteiger partial charge in [-0.15, -0.1) is 0 Å². The molecule has 7 heteroatoms. The Morgan fingerprint density at radius 3 is 2.50 bits per heavy atom. The van der Waals surface area contributed by atoms with E-state index in [0.717, 1.165) is 12.5 Å². The second-order valence-corrected chi connectivity index (χ2v) is 4.47. The highest BCUT2D eigenvalue weighted by molar-refractivity contribution is 7.80. The average Bonchev–Trinajstić information content (AvgIpc) is 2.37. The molecule has 0 aliphatic heterocycles. The number of alkyl halides is 3. The lowest BCUT2D eigenvalue weighted by atomic mass is 10.1. The zero-order valence-corrected chi connectivity index (χ0v) is 11.8. The third kappa shape index (κ3) is 4.97. The fourth-order valence-electron chi connectivity index (χ4n) is 1.49. The van der Waals surface area contributed by atoms with Gasteiger partial charge in [0, 0.05) is 12.2 Å². The molecule has 1 rings (SSSR count). The molecule has 2 N–H and O–H groups in total. The summed E-state index contributed by atoms with van der Waals surface area (Å²) in [6.07, 6.45) is -3.68. The van der Waals surface area contributed by atoms with Gasteiger partial charge in [-0.25, -0.2) is 0 Å². The van der Waals surface area contributed by atoms with E-state index < -0.39 is 11.7 Å². The highest BCUT2D eigenvalue weighted by Crippen LogP contribution is 2.36. The van der Waals surface area contributed by atoms with Crippen molar-refractivity contribution >= 4 is 17.2 Å². The predicted molar refractivity (Wildman–Crippen MR) is 73.9 cm³/mol. The van der Waals surface area contributed by atoms with Crippen LogP contribution in [0.3, 0.4) is 0 Å². The molecule has 0 heterocycles. The molecule has 20 heavy (non-hydrogen) atoms. The molecule has 0 bridgehead atoms. The van der Waals surface area contributed by atoms with Crippen molar-refractivity contribution in [3.05, 3.63) is 29.3 Å². The molecule has 0 radical (unpaired) electrons. The van der Waals surface area contributed by atoms with Crippen LogP contribution in [0.15, 0.2) is 18.2 Å². The molecule has 0 aliphatic carbocycles.